The van der Waals surface area contributed by atoms with Gasteiger partial charge in [-0.15, -0.1) is 0 Å². The van der Waals surface area contributed by atoms with Gasteiger partial charge >= 0.3 is 6.03 Å². The highest BCUT2D eigenvalue weighted by atomic mass is 32.2. The molecule has 0 spiro atoms. The average molecular weight is 309 g/mol. The standard InChI is InChI=1S/C13H15N3O4S/c1-7-11(8(2)17)12(16-13(18)15-7)9-3-5-10(6-4-9)21(14,19)20/h3-6,12H,1-2H3,(H2,14,19,20)(H2,15,16,18). The second-order valence-electron chi connectivity index (χ2n) is 4.74. The molecule has 1 aliphatic heterocycles. The van der Waals surface area contributed by atoms with Gasteiger partial charge in [-0.1, -0.05) is 12.1 Å². The monoisotopic (exact) mass is 309 g/mol. The van der Waals surface area contributed by atoms with Crippen molar-refractivity contribution in [2.24, 2.45) is 5.14 Å². The Kier molecular flexibility index (Phi) is 3.84. The largest absolute Gasteiger partial charge is 0.327 e. The summed E-state index contributed by atoms with van der Waals surface area (Å²) < 4.78 is 22.5. The second-order valence-corrected chi connectivity index (χ2v) is 6.30. The zero-order valence-electron chi connectivity index (χ0n) is 11.5. The van der Waals surface area contributed by atoms with E-state index in [9.17, 15) is 18.0 Å². The van der Waals surface area contributed by atoms with Crippen LogP contribution in [0.3, 0.4) is 0 Å². The number of sulfonamides is 1. The van der Waals surface area contributed by atoms with Crippen LogP contribution in [0.5, 0.6) is 0 Å². The second kappa shape index (κ2) is 5.30. The predicted octanol–water partition coefficient (Wildman–Crippen LogP) is 0.551. The van der Waals surface area contributed by atoms with Crippen molar-refractivity contribution in [3.8, 4) is 0 Å². The normalized spacial score (nSPS) is 19.0. The number of allylic oxidation sites excluding steroid dienone is 1. The van der Waals surface area contributed by atoms with Crippen LogP contribution in [0, 0.1) is 0 Å². The van der Waals surface area contributed by atoms with E-state index in [-0.39, 0.29) is 10.7 Å². The van der Waals surface area contributed by atoms with Crippen molar-refractivity contribution in [2.45, 2.75) is 24.8 Å². The van der Waals surface area contributed by atoms with Crippen molar-refractivity contribution in [2.75, 3.05) is 0 Å². The minimum atomic E-state index is -3.78. The van der Waals surface area contributed by atoms with Gasteiger partial charge in [-0.2, -0.15) is 0 Å². The molecule has 0 bridgehead atoms. The molecule has 1 unspecified atom stereocenters. The summed E-state index contributed by atoms with van der Waals surface area (Å²) in [5, 5.41) is 10.2. The van der Waals surface area contributed by atoms with Crippen LogP contribution in [0.4, 0.5) is 4.79 Å². The topological polar surface area (TPSA) is 118 Å². The first-order valence-corrected chi connectivity index (χ1v) is 7.67. The fraction of sp³-hybridized carbons (Fsp3) is 0.231. The molecule has 1 atom stereocenters. The minimum absolute atomic E-state index is 0.0309. The Morgan fingerprint density at radius 1 is 1.24 bits per heavy atom. The van der Waals surface area contributed by atoms with Gasteiger partial charge in [0.2, 0.25) is 10.0 Å². The van der Waals surface area contributed by atoms with Crippen molar-refractivity contribution < 1.29 is 18.0 Å². The molecule has 0 fully saturated rings. The number of hydrogen-bond acceptors (Lipinski definition) is 4. The Morgan fingerprint density at radius 2 is 1.81 bits per heavy atom. The zero-order valence-corrected chi connectivity index (χ0v) is 12.3. The number of amides is 2. The molecule has 7 nitrogen and oxygen atoms in total. The van der Waals surface area contributed by atoms with Crippen LogP contribution in [0.1, 0.15) is 25.5 Å². The van der Waals surface area contributed by atoms with Gasteiger partial charge in [-0.05, 0) is 31.5 Å². The molecule has 1 aromatic rings. The number of urea groups is 1. The third-order valence-corrected chi connectivity index (χ3v) is 4.12. The molecular weight excluding hydrogens is 294 g/mol. The molecule has 1 aromatic carbocycles. The molecule has 1 heterocycles. The number of carbonyl (C=O) groups excluding carboxylic acids is 2. The molecule has 8 heteroatoms. The third kappa shape index (κ3) is 3.11. The van der Waals surface area contributed by atoms with Crippen molar-refractivity contribution in [3.63, 3.8) is 0 Å². The lowest BCUT2D eigenvalue weighted by atomic mass is 9.93. The summed E-state index contributed by atoms with van der Waals surface area (Å²) in [5.74, 6) is -0.180. The number of carbonyl (C=O) groups is 2. The Labute approximate surface area is 122 Å². The van der Waals surface area contributed by atoms with Gasteiger partial charge in [0.05, 0.1) is 10.9 Å². The smallest absolute Gasteiger partial charge is 0.319 e. The number of rotatable bonds is 3. The molecule has 2 rings (SSSR count). The first kappa shape index (κ1) is 15.2. The highest BCUT2D eigenvalue weighted by Crippen LogP contribution is 2.27. The van der Waals surface area contributed by atoms with Crippen molar-refractivity contribution in [3.05, 3.63) is 41.1 Å². The maximum Gasteiger partial charge on any atom is 0.319 e. The van der Waals surface area contributed by atoms with E-state index in [1.54, 1.807) is 6.92 Å². The maximum atomic E-state index is 11.8. The van der Waals surface area contributed by atoms with Gasteiger partial charge in [0.15, 0.2) is 5.78 Å². The van der Waals surface area contributed by atoms with E-state index in [4.69, 9.17) is 5.14 Å². The SMILES string of the molecule is CC(=O)C1=C(C)NC(=O)NC1c1ccc(S(N)(=O)=O)cc1. The van der Waals surface area contributed by atoms with E-state index in [2.05, 4.69) is 10.6 Å². The molecular formula is C13H15N3O4S. The van der Waals surface area contributed by atoms with Crippen molar-refractivity contribution >= 4 is 21.8 Å². The number of ketones is 1. The summed E-state index contributed by atoms with van der Waals surface area (Å²) in [6, 6.07) is 4.68. The van der Waals surface area contributed by atoms with E-state index in [1.807, 2.05) is 0 Å². The first-order chi connectivity index (χ1) is 9.70. The summed E-state index contributed by atoms with van der Waals surface area (Å²) in [6.45, 7) is 3.05. The van der Waals surface area contributed by atoms with Gasteiger partial charge in [-0.3, -0.25) is 4.79 Å². The summed E-state index contributed by atoms with van der Waals surface area (Å²) in [4.78, 5) is 23.3. The fourth-order valence-corrected chi connectivity index (χ4v) is 2.78. The molecule has 4 N–H and O–H groups in total. The molecule has 0 saturated heterocycles. The van der Waals surface area contributed by atoms with E-state index in [0.717, 1.165) is 0 Å². The lowest BCUT2D eigenvalue weighted by Crippen LogP contribution is -2.44. The lowest BCUT2D eigenvalue weighted by molar-refractivity contribution is -0.114. The van der Waals surface area contributed by atoms with Crippen LogP contribution >= 0.6 is 0 Å². The number of Topliss-reactive ketones (excluding diaryl/α,β-unsaturated/α-hetero) is 1. The van der Waals surface area contributed by atoms with Crippen LogP contribution < -0.4 is 15.8 Å². The Balaban J connectivity index is 2.46. The maximum absolute atomic E-state index is 11.8. The van der Waals surface area contributed by atoms with Gasteiger partial charge < -0.3 is 10.6 Å². The summed E-state index contributed by atoms with van der Waals surface area (Å²) in [5.41, 5.74) is 1.51. The van der Waals surface area contributed by atoms with E-state index in [1.165, 1.54) is 31.2 Å². The number of hydrogen-bond donors (Lipinski definition) is 3. The Morgan fingerprint density at radius 3 is 2.29 bits per heavy atom. The molecule has 112 valence electrons. The van der Waals surface area contributed by atoms with E-state index >= 15 is 0 Å². The Hall–Kier alpha value is -2.19. The van der Waals surface area contributed by atoms with Crippen LogP contribution in [0.25, 0.3) is 0 Å². The lowest BCUT2D eigenvalue weighted by Gasteiger charge is -2.28. The van der Waals surface area contributed by atoms with Gasteiger partial charge in [0, 0.05) is 11.3 Å². The molecule has 1 aliphatic rings. The van der Waals surface area contributed by atoms with Crippen LogP contribution in [0.15, 0.2) is 40.4 Å². The quantitative estimate of drug-likeness (QED) is 0.755. The molecule has 0 aliphatic carbocycles. The number of nitrogens with one attached hydrogen (secondary N) is 2. The molecule has 21 heavy (non-hydrogen) atoms. The van der Waals surface area contributed by atoms with Crippen molar-refractivity contribution in [1.82, 2.24) is 10.6 Å². The van der Waals surface area contributed by atoms with Gasteiger partial charge in [0.1, 0.15) is 0 Å². The number of primary sulfonamides is 1. The predicted molar refractivity (Wildman–Crippen MR) is 75.6 cm³/mol. The molecule has 0 radical (unpaired) electrons. The molecule has 0 aromatic heterocycles. The van der Waals surface area contributed by atoms with Crippen molar-refractivity contribution in [1.29, 1.82) is 0 Å². The van der Waals surface area contributed by atoms with Crippen LogP contribution in [-0.4, -0.2) is 20.2 Å². The summed E-state index contributed by atoms with van der Waals surface area (Å²) >= 11 is 0. The third-order valence-electron chi connectivity index (χ3n) is 3.19. The van der Waals surface area contributed by atoms with Gasteiger partial charge in [-0.25, -0.2) is 18.4 Å². The van der Waals surface area contributed by atoms with Gasteiger partial charge in [0.25, 0.3) is 0 Å². The molecule has 0 saturated carbocycles. The number of benzene rings is 1. The van der Waals surface area contributed by atoms with E-state index < -0.39 is 22.1 Å². The Bertz CT molecular complexity index is 735. The summed E-state index contributed by atoms with van der Waals surface area (Å²) in [6.07, 6.45) is 0. The number of nitrogens with two attached hydrogens (primary N) is 1. The highest BCUT2D eigenvalue weighted by Gasteiger charge is 2.29. The minimum Gasteiger partial charge on any atom is -0.327 e. The molecule has 2 amide bonds. The summed E-state index contributed by atoms with van der Waals surface area (Å²) in [7, 11) is -3.78. The van der Waals surface area contributed by atoms with E-state index in [0.29, 0.717) is 16.8 Å². The average Bonchev–Trinajstić information content (AvgIpc) is 2.36. The first-order valence-electron chi connectivity index (χ1n) is 6.12. The highest BCUT2D eigenvalue weighted by molar-refractivity contribution is 7.89. The zero-order chi connectivity index (χ0) is 15.8. The fourth-order valence-electron chi connectivity index (χ4n) is 2.26. The van der Waals surface area contributed by atoms with Crippen LogP contribution in [-0.2, 0) is 14.8 Å². The van der Waals surface area contributed by atoms with Crippen LogP contribution in [0.2, 0.25) is 0 Å².